The molecule has 0 fully saturated rings. The van der Waals surface area contributed by atoms with Crippen molar-refractivity contribution in [2.75, 3.05) is 5.32 Å². The Bertz CT molecular complexity index is 784. The topological polar surface area (TPSA) is 76.1 Å². The number of sulfone groups is 1. The Balaban J connectivity index is 2.30. The van der Waals surface area contributed by atoms with E-state index in [4.69, 9.17) is 0 Å². The van der Waals surface area contributed by atoms with E-state index in [2.05, 4.69) is 10.3 Å². The number of fused-ring (bicyclic) bond motifs is 1. The van der Waals surface area contributed by atoms with Gasteiger partial charge in [0.15, 0.2) is 15.0 Å². The molecule has 1 N–H and O–H groups in total. The maximum absolute atomic E-state index is 12.2. The Morgan fingerprint density at radius 1 is 1.18 bits per heavy atom. The first kappa shape index (κ1) is 16.9. The molecule has 0 bridgehead atoms. The largest absolute Gasteiger partial charge is 0.301 e. The molecule has 1 amide bonds. The van der Waals surface area contributed by atoms with E-state index < -0.39 is 26.2 Å². The van der Waals surface area contributed by atoms with E-state index in [0.29, 0.717) is 5.13 Å². The molecule has 0 aliphatic carbocycles. The lowest BCUT2D eigenvalue weighted by atomic mass is 10.1. The second-order valence-corrected chi connectivity index (χ2v) is 9.49. The lowest BCUT2D eigenvalue weighted by Crippen LogP contribution is -2.36. The number of nitrogens with one attached hydrogen (secondary N) is 1. The van der Waals surface area contributed by atoms with Gasteiger partial charge in [-0.3, -0.25) is 4.79 Å². The third-order valence-electron chi connectivity index (χ3n) is 3.69. The highest BCUT2D eigenvalue weighted by Gasteiger charge is 2.31. The predicted molar refractivity (Wildman–Crippen MR) is 91.2 cm³/mol. The summed E-state index contributed by atoms with van der Waals surface area (Å²) in [6.45, 7) is 8.50. The summed E-state index contributed by atoms with van der Waals surface area (Å²) in [7, 11) is -3.48. The van der Waals surface area contributed by atoms with Crippen molar-refractivity contribution in [1.82, 2.24) is 4.98 Å². The first-order valence-electron chi connectivity index (χ1n) is 7.05. The molecule has 5 nitrogen and oxygen atoms in total. The highest BCUT2D eigenvalue weighted by atomic mass is 32.2. The summed E-state index contributed by atoms with van der Waals surface area (Å²) < 4.78 is 25.1. The van der Waals surface area contributed by atoms with Gasteiger partial charge < -0.3 is 5.32 Å². The Labute approximate surface area is 134 Å². The lowest BCUT2D eigenvalue weighted by Gasteiger charge is -2.14. The average molecular weight is 340 g/mol. The number of benzene rings is 1. The summed E-state index contributed by atoms with van der Waals surface area (Å²) in [6.07, 6.45) is 0. The fraction of sp³-hybridized carbons (Fsp3) is 0.467. The van der Waals surface area contributed by atoms with Crippen molar-refractivity contribution in [1.29, 1.82) is 0 Å². The Morgan fingerprint density at radius 3 is 2.32 bits per heavy atom. The molecule has 0 unspecified atom stereocenters. The van der Waals surface area contributed by atoms with Gasteiger partial charge in [-0.1, -0.05) is 23.5 Å². The predicted octanol–water partition coefficient (Wildman–Crippen LogP) is 3.06. The molecule has 0 radical (unpaired) electrons. The first-order valence-corrected chi connectivity index (χ1v) is 9.47. The van der Waals surface area contributed by atoms with Crippen molar-refractivity contribution >= 4 is 42.4 Å². The molecule has 2 aromatic rings. The molecule has 22 heavy (non-hydrogen) atoms. The zero-order chi connectivity index (χ0) is 16.7. The normalized spacial score (nSPS) is 13.5. The second kappa shape index (κ2) is 5.96. The van der Waals surface area contributed by atoms with Crippen LogP contribution in [0, 0.1) is 13.8 Å². The third-order valence-corrected chi connectivity index (χ3v) is 7.31. The van der Waals surface area contributed by atoms with Crippen LogP contribution in [0.1, 0.15) is 31.9 Å². The molecule has 0 saturated heterocycles. The van der Waals surface area contributed by atoms with Crippen molar-refractivity contribution < 1.29 is 13.2 Å². The maximum atomic E-state index is 12.2. The van der Waals surface area contributed by atoms with Gasteiger partial charge in [-0.15, -0.1) is 0 Å². The molecule has 7 heteroatoms. The molecular weight excluding hydrogens is 320 g/mol. The summed E-state index contributed by atoms with van der Waals surface area (Å²) in [5, 5.41) is 1.38. The fourth-order valence-corrected chi connectivity index (χ4v) is 4.27. The van der Waals surface area contributed by atoms with Gasteiger partial charge in [0.2, 0.25) is 5.91 Å². The van der Waals surface area contributed by atoms with Crippen LogP contribution in [0.5, 0.6) is 0 Å². The van der Waals surface area contributed by atoms with Gasteiger partial charge in [-0.25, -0.2) is 13.4 Å². The lowest BCUT2D eigenvalue weighted by molar-refractivity contribution is -0.115. The highest BCUT2D eigenvalue weighted by molar-refractivity contribution is 7.93. The van der Waals surface area contributed by atoms with Crippen LogP contribution in [0.15, 0.2) is 12.1 Å². The molecule has 1 aromatic carbocycles. The fourth-order valence-electron chi connectivity index (χ4n) is 2.08. The summed E-state index contributed by atoms with van der Waals surface area (Å²) in [4.78, 5) is 16.6. The third kappa shape index (κ3) is 3.01. The maximum Gasteiger partial charge on any atom is 0.244 e. The number of aromatic nitrogens is 1. The number of hydrogen-bond donors (Lipinski definition) is 1. The van der Waals surface area contributed by atoms with Crippen molar-refractivity contribution in [3.8, 4) is 0 Å². The van der Waals surface area contributed by atoms with Gasteiger partial charge in [0, 0.05) is 0 Å². The summed E-state index contributed by atoms with van der Waals surface area (Å²) in [5.41, 5.74) is 2.96. The zero-order valence-electron chi connectivity index (χ0n) is 13.3. The zero-order valence-corrected chi connectivity index (χ0v) is 14.9. The quantitative estimate of drug-likeness (QED) is 0.928. The molecule has 1 heterocycles. The van der Waals surface area contributed by atoms with E-state index in [1.165, 1.54) is 18.3 Å². The summed E-state index contributed by atoms with van der Waals surface area (Å²) in [5.74, 6) is -0.539. The van der Waals surface area contributed by atoms with E-state index in [0.717, 1.165) is 21.3 Å². The molecule has 0 spiro atoms. The van der Waals surface area contributed by atoms with E-state index in [1.54, 1.807) is 13.8 Å². The molecule has 0 aliphatic rings. The van der Waals surface area contributed by atoms with Crippen molar-refractivity contribution in [2.24, 2.45) is 0 Å². The van der Waals surface area contributed by atoms with E-state index in [-0.39, 0.29) is 0 Å². The van der Waals surface area contributed by atoms with Gasteiger partial charge in [-0.2, -0.15) is 0 Å². The number of thiazole rings is 1. The minimum Gasteiger partial charge on any atom is -0.301 e. The van der Waals surface area contributed by atoms with Gasteiger partial charge in [0.25, 0.3) is 0 Å². The molecule has 0 aliphatic heterocycles. The number of carbonyl (C=O) groups is 1. The molecule has 2 rings (SSSR count). The minimum atomic E-state index is -3.48. The van der Waals surface area contributed by atoms with E-state index in [1.807, 2.05) is 26.0 Å². The number of rotatable bonds is 4. The number of anilines is 1. The van der Waals surface area contributed by atoms with Crippen molar-refractivity contribution in [2.45, 2.75) is 45.1 Å². The number of hydrogen-bond acceptors (Lipinski definition) is 5. The number of carbonyl (C=O) groups excluding carboxylic acids is 1. The van der Waals surface area contributed by atoms with Gasteiger partial charge in [-0.05, 0) is 45.7 Å². The smallest absolute Gasteiger partial charge is 0.244 e. The SMILES string of the molecule is Cc1ccc(C)c2sc(NC(=O)[C@H](C)S(=O)(=O)C(C)C)nc12. The molecular formula is C15H20N2O3S2. The van der Waals surface area contributed by atoms with Crippen LogP contribution in [-0.4, -0.2) is 29.8 Å². The molecule has 0 saturated carbocycles. The summed E-state index contributed by atoms with van der Waals surface area (Å²) >= 11 is 1.36. The molecule has 1 aromatic heterocycles. The molecule has 1 atom stereocenters. The van der Waals surface area contributed by atoms with Crippen LogP contribution in [0.4, 0.5) is 5.13 Å². The van der Waals surface area contributed by atoms with Crippen LogP contribution in [0.3, 0.4) is 0 Å². The Morgan fingerprint density at radius 2 is 1.77 bits per heavy atom. The average Bonchev–Trinajstić information content (AvgIpc) is 2.86. The van der Waals surface area contributed by atoms with Crippen molar-refractivity contribution in [3.63, 3.8) is 0 Å². The van der Waals surface area contributed by atoms with Crippen LogP contribution < -0.4 is 5.32 Å². The second-order valence-electron chi connectivity index (χ2n) is 5.67. The van der Waals surface area contributed by atoms with E-state index >= 15 is 0 Å². The number of amides is 1. The van der Waals surface area contributed by atoms with Crippen LogP contribution in [-0.2, 0) is 14.6 Å². The Kier molecular flexibility index (Phi) is 4.58. The molecule has 120 valence electrons. The van der Waals surface area contributed by atoms with Crippen LogP contribution in [0.25, 0.3) is 10.2 Å². The summed E-state index contributed by atoms with van der Waals surface area (Å²) in [6, 6.07) is 3.99. The van der Waals surface area contributed by atoms with Gasteiger partial charge in [0.1, 0.15) is 5.25 Å². The standard InChI is InChI=1S/C15H20N2O3S2/c1-8(2)22(19,20)11(5)14(18)17-15-16-12-9(3)6-7-10(4)13(12)21-15/h6-8,11H,1-5H3,(H,16,17,18)/t11-/m0/s1. The van der Waals surface area contributed by atoms with E-state index in [9.17, 15) is 13.2 Å². The number of aryl methyl sites for hydroxylation is 2. The van der Waals surface area contributed by atoms with Gasteiger partial charge in [0.05, 0.1) is 15.5 Å². The monoisotopic (exact) mass is 340 g/mol. The van der Waals surface area contributed by atoms with Gasteiger partial charge >= 0.3 is 0 Å². The first-order chi connectivity index (χ1) is 10.1. The van der Waals surface area contributed by atoms with Crippen LogP contribution >= 0.6 is 11.3 Å². The van der Waals surface area contributed by atoms with Crippen molar-refractivity contribution in [3.05, 3.63) is 23.3 Å². The van der Waals surface area contributed by atoms with Crippen LogP contribution in [0.2, 0.25) is 0 Å². The number of nitrogens with zero attached hydrogens (tertiary/aromatic N) is 1. The minimum absolute atomic E-state index is 0.434. The highest BCUT2D eigenvalue weighted by Crippen LogP contribution is 2.31. The Hall–Kier alpha value is -1.47.